The van der Waals surface area contributed by atoms with Crippen LogP contribution in [0.1, 0.15) is 15.9 Å². The van der Waals surface area contributed by atoms with Crippen molar-refractivity contribution in [2.24, 2.45) is 11.5 Å². The zero-order valence-electron chi connectivity index (χ0n) is 11.3. The van der Waals surface area contributed by atoms with E-state index in [1.807, 2.05) is 36.4 Å². The van der Waals surface area contributed by atoms with Crippen molar-refractivity contribution in [2.45, 2.75) is 12.5 Å². The third-order valence-corrected chi connectivity index (χ3v) is 3.23. The molecule has 2 aromatic carbocycles. The van der Waals surface area contributed by atoms with Crippen LogP contribution >= 0.6 is 0 Å². The molecule has 0 radical (unpaired) electrons. The number of aliphatic carboxylic acids is 1. The summed E-state index contributed by atoms with van der Waals surface area (Å²) >= 11 is 0. The van der Waals surface area contributed by atoms with Crippen LogP contribution in [0.3, 0.4) is 0 Å². The molecule has 1 amide bonds. The third kappa shape index (κ3) is 3.67. The molecule has 0 spiro atoms. The van der Waals surface area contributed by atoms with Crippen LogP contribution in [0.25, 0.3) is 11.1 Å². The van der Waals surface area contributed by atoms with Gasteiger partial charge in [0.25, 0.3) is 0 Å². The van der Waals surface area contributed by atoms with Crippen molar-refractivity contribution in [1.29, 1.82) is 0 Å². The molecule has 5 N–H and O–H groups in total. The van der Waals surface area contributed by atoms with Crippen molar-refractivity contribution >= 4 is 11.9 Å². The van der Waals surface area contributed by atoms with Crippen molar-refractivity contribution < 1.29 is 14.7 Å². The van der Waals surface area contributed by atoms with Crippen LogP contribution in [0.15, 0.2) is 48.5 Å². The summed E-state index contributed by atoms with van der Waals surface area (Å²) in [6, 6.07) is 13.6. The molecule has 0 saturated carbocycles. The monoisotopic (exact) mass is 284 g/mol. The largest absolute Gasteiger partial charge is 0.480 e. The summed E-state index contributed by atoms with van der Waals surface area (Å²) in [5.41, 5.74) is 13.9. The highest BCUT2D eigenvalue weighted by Gasteiger charge is 2.11. The van der Waals surface area contributed by atoms with E-state index in [1.165, 1.54) is 0 Å². The van der Waals surface area contributed by atoms with E-state index in [4.69, 9.17) is 16.6 Å². The van der Waals surface area contributed by atoms with Crippen molar-refractivity contribution in [3.63, 3.8) is 0 Å². The lowest BCUT2D eigenvalue weighted by atomic mass is 10.00. The summed E-state index contributed by atoms with van der Waals surface area (Å²) in [5, 5.41) is 8.78. The first kappa shape index (κ1) is 14.7. The summed E-state index contributed by atoms with van der Waals surface area (Å²) in [5.74, 6) is -1.47. The molecule has 2 rings (SSSR count). The number of carboxylic acids is 1. The Hall–Kier alpha value is -2.66. The van der Waals surface area contributed by atoms with E-state index in [0.29, 0.717) is 5.56 Å². The molecule has 0 saturated heterocycles. The number of primary amides is 1. The van der Waals surface area contributed by atoms with Crippen molar-refractivity contribution in [2.75, 3.05) is 0 Å². The molecule has 0 heterocycles. The van der Waals surface area contributed by atoms with E-state index >= 15 is 0 Å². The summed E-state index contributed by atoms with van der Waals surface area (Å²) < 4.78 is 0. The highest BCUT2D eigenvalue weighted by atomic mass is 16.4. The van der Waals surface area contributed by atoms with Gasteiger partial charge in [-0.3, -0.25) is 9.59 Å². The minimum absolute atomic E-state index is 0.288. The zero-order chi connectivity index (χ0) is 15.4. The van der Waals surface area contributed by atoms with Gasteiger partial charge in [0.1, 0.15) is 6.04 Å². The van der Waals surface area contributed by atoms with E-state index in [2.05, 4.69) is 0 Å². The Morgan fingerprint density at radius 2 is 1.43 bits per heavy atom. The molecule has 5 heteroatoms. The second kappa shape index (κ2) is 6.19. The number of nitrogens with two attached hydrogens (primary N) is 2. The van der Waals surface area contributed by atoms with Crippen LogP contribution in [0.2, 0.25) is 0 Å². The van der Waals surface area contributed by atoms with Gasteiger partial charge in [0, 0.05) is 5.56 Å². The lowest BCUT2D eigenvalue weighted by Crippen LogP contribution is -2.32. The maximum Gasteiger partial charge on any atom is 0.320 e. The van der Waals surface area contributed by atoms with Crippen molar-refractivity contribution in [3.05, 3.63) is 59.7 Å². The highest BCUT2D eigenvalue weighted by molar-refractivity contribution is 5.93. The second-order valence-corrected chi connectivity index (χ2v) is 4.79. The molecule has 5 nitrogen and oxygen atoms in total. The predicted molar refractivity (Wildman–Crippen MR) is 79.7 cm³/mol. The molecule has 0 aliphatic rings. The molecule has 0 aliphatic heterocycles. The Morgan fingerprint density at radius 3 is 1.86 bits per heavy atom. The zero-order valence-corrected chi connectivity index (χ0v) is 11.3. The van der Waals surface area contributed by atoms with Crippen LogP contribution in [0.5, 0.6) is 0 Å². The van der Waals surface area contributed by atoms with Gasteiger partial charge in [-0.2, -0.15) is 0 Å². The fraction of sp³-hybridized carbons (Fsp3) is 0.125. The van der Waals surface area contributed by atoms with Gasteiger partial charge in [0.2, 0.25) is 5.91 Å². The Labute approximate surface area is 122 Å². The van der Waals surface area contributed by atoms with Crippen LogP contribution < -0.4 is 11.5 Å². The van der Waals surface area contributed by atoms with Gasteiger partial charge in [-0.25, -0.2) is 0 Å². The van der Waals surface area contributed by atoms with Gasteiger partial charge in [0.05, 0.1) is 0 Å². The second-order valence-electron chi connectivity index (χ2n) is 4.79. The van der Waals surface area contributed by atoms with Crippen LogP contribution in [0.4, 0.5) is 0 Å². The third-order valence-electron chi connectivity index (χ3n) is 3.23. The topological polar surface area (TPSA) is 106 Å². The minimum atomic E-state index is -1.01. The first-order chi connectivity index (χ1) is 9.97. The fourth-order valence-corrected chi connectivity index (χ4v) is 2.00. The molecule has 2 aromatic rings. The molecule has 0 aliphatic carbocycles. The van der Waals surface area contributed by atoms with Crippen LogP contribution in [-0.4, -0.2) is 23.0 Å². The molecular weight excluding hydrogens is 268 g/mol. The number of carboxylic acid groups (broad SMARTS) is 1. The smallest absolute Gasteiger partial charge is 0.320 e. The highest BCUT2D eigenvalue weighted by Crippen LogP contribution is 2.20. The van der Waals surface area contributed by atoms with Crippen molar-refractivity contribution in [3.8, 4) is 11.1 Å². The Morgan fingerprint density at radius 1 is 0.952 bits per heavy atom. The van der Waals surface area contributed by atoms with Gasteiger partial charge in [-0.05, 0) is 35.2 Å². The Balaban J connectivity index is 2.15. The minimum Gasteiger partial charge on any atom is -0.480 e. The van der Waals surface area contributed by atoms with Crippen molar-refractivity contribution in [1.82, 2.24) is 0 Å². The van der Waals surface area contributed by atoms with Crippen LogP contribution in [0, 0.1) is 0 Å². The number of hydrogen-bond acceptors (Lipinski definition) is 3. The standard InChI is InChI=1S/C16H16N2O3/c17-14(16(20)21)9-10-1-3-11(4-2-10)12-5-7-13(8-6-12)15(18)19/h1-8,14H,9,17H2,(H2,18,19)(H,20,21)/t14-/m1/s1. The number of carbonyl (C=O) groups is 2. The van der Waals surface area contributed by atoms with E-state index in [0.717, 1.165) is 16.7 Å². The van der Waals surface area contributed by atoms with Gasteiger partial charge in [-0.1, -0.05) is 36.4 Å². The normalized spacial score (nSPS) is 11.9. The predicted octanol–water partition coefficient (Wildman–Crippen LogP) is 1.41. The summed E-state index contributed by atoms with van der Waals surface area (Å²) in [4.78, 5) is 21.7. The maximum absolute atomic E-state index is 11.0. The Kier molecular flexibility index (Phi) is 4.35. The molecule has 0 bridgehead atoms. The first-order valence-electron chi connectivity index (χ1n) is 6.45. The van der Waals surface area contributed by atoms with Gasteiger partial charge < -0.3 is 16.6 Å². The number of benzene rings is 2. The molecule has 21 heavy (non-hydrogen) atoms. The lowest BCUT2D eigenvalue weighted by molar-refractivity contribution is -0.138. The average molecular weight is 284 g/mol. The van der Waals surface area contributed by atoms with E-state index in [-0.39, 0.29) is 6.42 Å². The number of hydrogen-bond donors (Lipinski definition) is 3. The fourth-order valence-electron chi connectivity index (χ4n) is 2.00. The lowest BCUT2D eigenvalue weighted by Gasteiger charge is -2.08. The quantitative estimate of drug-likeness (QED) is 0.771. The van der Waals surface area contributed by atoms with E-state index < -0.39 is 17.9 Å². The summed E-state index contributed by atoms with van der Waals surface area (Å²) in [6.07, 6.45) is 0.288. The average Bonchev–Trinajstić information content (AvgIpc) is 2.48. The SMILES string of the molecule is NC(=O)c1ccc(-c2ccc(C[C@@H](N)C(=O)O)cc2)cc1. The first-order valence-corrected chi connectivity index (χ1v) is 6.45. The van der Waals surface area contributed by atoms with Gasteiger partial charge in [-0.15, -0.1) is 0 Å². The van der Waals surface area contributed by atoms with E-state index in [1.54, 1.807) is 12.1 Å². The molecule has 0 fully saturated rings. The summed E-state index contributed by atoms with van der Waals surface area (Å²) in [6.45, 7) is 0. The Bertz CT molecular complexity index is 648. The van der Waals surface area contributed by atoms with E-state index in [9.17, 15) is 9.59 Å². The van der Waals surface area contributed by atoms with Gasteiger partial charge >= 0.3 is 5.97 Å². The molecule has 108 valence electrons. The molecule has 0 aromatic heterocycles. The molecule has 1 atom stereocenters. The summed E-state index contributed by atoms with van der Waals surface area (Å²) in [7, 11) is 0. The maximum atomic E-state index is 11.0. The van der Waals surface area contributed by atoms with Crippen LogP contribution in [-0.2, 0) is 11.2 Å². The molecular formula is C16H16N2O3. The number of carbonyl (C=O) groups excluding carboxylic acids is 1. The van der Waals surface area contributed by atoms with Gasteiger partial charge in [0.15, 0.2) is 0 Å². The number of amides is 1. The molecule has 0 unspecified atom stereocenters. The number of rotatable bonds is 5.